The van der Waals surface area contributed by atoms with E-state index in [4.69, 9.17) is 10.5 Å². The number of ether oxygens (including phenoxy) is 1. The number of benzene rings is 1. The fraction of sp³-hybridized carbons (Fsp3) is 0.333. The zero-order valence-corrected chi connectivity index (χ0v) is 11.4. The number of rotatable bonds is 5. The van der Waals surface area contributed by atoms with Gasteiger partial charge >= 0.3 is 0 Å². The SMILES string of the molecule is CCOc1ccc(-c2ccc(CCN)nn2)cc1C. The lowest BCUT2D eigenvalue weighted by atomic mass is 10.1. The molecule has 19 heavy (non-hydrogen) atoms. The summed E-state index contributed by atoms with van der Waals surface area (Å²) in [5.41, 5.74) is 9.44. The lowest BCUT2D eigenvalue weighted by molar-refractivity contribution is 0.338. The van der Waals surface area contributed by atoms with E-state index < -0.39 is 0 Å². The van der Waals surface area contributed by atoms with Crippen LogP contribution in [0.5, 0.6) is 5.75 Å². The number of nitrogens with two attached hydrogens (primary N) is 1. The molecule has 4 nitrogen and oxygen atoms in total. The Bertz CT molecular complexity index is 538. The van der Waals surface area contributed by atoms with Crippen molar-refractivity contribution >= 4 is 0 Å². The Morgan fingerprint density at radius 3 is 2.58 bits per heavy atom. The van der Waals surface area contributed by atoms with Crippen LogP contribution < -0.4 is 10.5 Å². The minimum atomic E-state index is 0.593. The number of nitrogens with zero attached hydrogens (tertiary/aromatic N) is 2. The summed E-state index contributed by atoms with van der Waals surface area (Å²) in [6.45, 7) is 5.28. The van der Waals surface area contributed by atoms with E-state index in [1.807, 2.05) is 38.1 Å². The number of aryl methyl sites for hydroxylation is 1. The van der Waals surface area contributed by atoms with Gasteiger partial charge in [0, 0.05) is 12.0 Å². The second kappa shape index (κ2) is 6.29. The highest BCUT2D eigenvalue weighted by molar-refractivity contribution is 5.61. The Labute approximate surface area is 113 Å². The van der Waals surface area contributed by atoms with Crippen LogP contribution in [0.25, 0.3) is 11.3 Å². The van der Waals surface area contributed by atoms with Gasteiger partial charge in [-0.25, -0.2) is 0 Å². The molecule has 4 heteroatoms. The van der Waals surface area contributed by atoms with Crippen LogP contribution in [0.4, 0.5) is 0 Å². The lowest BCUT2D eigenvalue weighted by Gasteiger charge is -2.08. The quantitative estimate of drug-likeness (QED) is 0.893. The zero-order valence-electron chi connectivity index (χ0n) is 11.4. The van der Waals surface area contributed by atoms with E-state index in [2.05, 4.69) is 16.3 Å². The fourth-order valence-electron chi connectivity index (χ4n) is 1.92. The topological polar surface area (TPSA) is 61.0 Å². The van der Waals surface area contributed by atoms with E-state index in [1.165, 1.54) is 0 Å². The van der Waals surface area contributed by atoms with Crippen molar-refractivity contribution in [3.8, 4) is 17.0 Å². The maximum Gasteiger partial charge on any atom is 0.122 e. The third kappa shape index (κ3) is 3.29. The Morgan fingerprint density at radius 2 is 2.00 bits per heavy atom. The van der Waals surface area contributed by atoms with Crippen molar-refractivity contribution in [2.45, 2.75) is 20.3 Å². The van der Waals surface area contributed by atoms with Gasteiger partial charge in [-0.15, -0.1) is 0 Å². The highest BCUT2D eigenvalue weighted by atomic mass is 16.5. The molecule has 0 aliphatic rings. The Balaban J connectivity index is 2.24. The molecule has 2 N–H and O–H groups in total. The molecule has 0 atom stereocenters. The zero-order chi connectivity index (χ0) is 13.7. The first-order valence-corrected chi connectivity index (χ1v) is 6.51. The summed E-state index contributed by atoms with van der Waals surface area (Å²) in [4.78, 5) is 0. The molecule has 0 spiro atoms. The highest BCUT2D eigenvalue weighted by Crippen LogP contribution is 2.24. The van der Waals surface area contributed by atoms with Gasteiger partial charge in [0.25, 0.3) is 0 Å². The van der Waals surface area contributed by atoms with Crippen LogP contribution >= 0.6 is 0 Å². The minimum Gasteiger partial charge on any atom is -0.494 e. The molecule has 0 saturated carbocycles. The maximum atomic E-state index is 5.53. The normalized spacial score (nSPS) is 10.5. The smallest absolute Gasteiger partial charge is 0.122 e. The molecule has 0 radical (unpaired) electrons. The first-order chi connectivity index (χ1) is 9.24. The van der Waals surface area contributed by atoms with Gasteiger partial charge in [-0.3, -0.25) is 0 Å². The summed E-state index contributed by atoms with van der Waals surface area (Å²) in [5.74, 6) is 0.916. The molecule has 0 aliphatic heterocycles. The van der Waals surface area contributed by atoms with Crippen LogP contribution in [0.3, 0.4) is 0 Å². The van der Waals surface area contributed by atoms with Gasteiger partial charge in [0.15, 0.2) is 0 Å². The van der Waals surface area contributed by atoms with E-state index in [-0.39, 0.29) is 0 Å². The van der Waals surface area contributed by atoms with Crippen LogP contribution in [0, 0.1) is 6.92 Å². The summed E-state index contributed by atoms with van der Waals surface area (Å²) in [7, 11) is 0. The number of aromatic nitrogens is 2. The first kappa shape index (κ1) is 13.5. The van der Waals surface area contributed by atoms with E-state index in [0.29, 0.717) is 13.2 Å². The van der Waals surface area contributed by atoms with Crippen LogP contribution in [0.2, 0.25) is 0 Å². The standard InChI is InChI=1S/C15H19N3O/c1-3-19-15-7-4-12(10-11(15)2)14-6-5-13(8-9-16)17-18-14/h4-7,10H,3,8-9,16H2,1-2H3. The van der Waals surface area contributed by atoms with Crippen LogP contribution in [-0.2, 0) is 6.42 Å². The molecule has 0 bridgehead atoms. The van der Waals surface area contributed by atoms with E-state index in [1.54, 1.807) is 0 Å². The van der Waals surface area contributed by atoms with Crippen molar-refractivity contribution in [2.24, 2.45) is 5.73 Å². The van der Waals surface area contributed by atoms with Crippen molar-refractivity contribution in [3.05, 3.63) is 41.6 Å². The number of hydrogen-bond donors (Lipinski definition) is 1. The third-order valence-electron chi connectivity index (χ3n) is 2.89. The second-order valence-corrected chi connectivity index (χ2v) is 4.36. The molecule has 2 rings (SSSR count). The molecule has 2 aromatic rings. The van der Waals surface area contributed by atoms with Crippen LogP contribution in [-0.4, -0.2) is 23.3 Å². The first-order valence-electron chi connectivity index (χ1n) is 6.51. The van der Waals surface area contributed by atoms with Crippen molar-refractivity contribution in [3.63, 3.8) is 0 Å². The van der Waals surface area contributed by atoms with E-state index >= 15 is 0 Å². The van der Waals surface area contributed by atoms with Crippen molar-refractivity contribution in [2.75, 3.05) is 13.2 Å². The summed E-state index contributed by atoms with van der Waals surface area (Å²) < 4.78 is 5.53. The molecule has 0 fully saturated rings. The van der Waals surface area contributed by atoms with Crippen molar-refractivity contribution in [1.29, 1.82) is 0 Å². The predicted octanol–water partition coefficient (Wildman–Crippen LogP) is 2.35. The second-order valence-electron chi connectivity index (χ2n) is 4.36. The van der Waals surface area contributed by atoms with Gasteiger partial charge in [0.1, 0.15) is 5.75 Å². The largest absolute Gasteiger partial charge is 0.494 e. The molecule has 0 unspecified atom stereocenters. The summed E-state index contributed by atoms with van der Waals surface area (Å²) >= 11 is 0. The Kier molecular flexibility index (Phi) is 4.47. The van der Waals surface area contributed by atoms with Crippen molar-refractivity contribution in [1.82, 2.24) is 10.2 Å². The van der Waals surface area contributed by atoms with Gasteiger partial charge in [-0.1, -0.05) is 0 Å². The molecule has 1 heterocycles. The van der Waals surface area contributed by atoms with Gasteiger partial charge in [0.05, 0.1) is 18.0 Å². The molecule has 1 aromatic carbocycles. The summed E-state index contributed by atoms with van der Waals surface area (Å²) in [6, 6.07) is 10.00. The Morgan fingerprint density at radius 1 is 1.16 bits per heavy atom. The third-order valence-corrected chi connectivity index (χ3v) is 2.89. The average Bonchev–Trinajstić information content (AvgIpc) is 2.43. The maximum absolute atomic E-state index is 5.53. The summed E-state index contributed by atoms with van der Waals surface area (Å²) in [6.07, 6.45) is 0.760. The molecular formula is C15H19N3O. The molecule has 0 aliphatic carbocycles. The number of hydrogen-bond acceptors (Lipinski definition) is 4. The predicted molar refractivity (Wildman–Crippen MR) is 76.1 cm³/mol. The molecular weight excluding hydrogens is 238 g/mol. The lowest BCUT2D eigenvalue weighted by Crippen LogP contribution is -2.05. The van der Waals surface area contributed by atoms with E-state index in [9.17, 15) is 0 Å². The van der Waals surface area contributed by atoms with Gasteiger partial charge in [0.2, 0.25) is 0 Å². The molecule has 1 aromatic heterocycles. The van der Waals surface area contributed by atoms with Gasteiger partial charge in [-0.05, 0) is 56.3 Å². The van der Waals surface area contributed by atoms with E-state index in [0.717, 1.165) is 34.7 Å². The minimum absolute atomic E-state index is 0.593. The molecule has 0 amide bonds. The van der Waals surface area contributed by atoms with Gasteiger partial charge < -0.3 is 10.5 Å². The highest BCUT2D eigenvalue weighted by Gasteiger charge is 2.05. The summed E-state index contributed by atoms with van der Waals surface area (Å²) in [5, 5.41) is 8.41. The van der Waals surface area contributed by atoms with Crippen LogP contribution in [0.15, 0.2) is 30.3 Å². The molecule has 0 saturated heterocycles. The van der Waals surface area contributed by atoms with Crippen molar-refractivity contribution < 1.29 is 4.74 Å². The van der Waals surface area contributed by atoms with Crippen LogP contribution in [0.1, 0.15) is 18.2 Å². The van der Waals surface area contributed by atoms with Gasteiger partial charge in [-0.2, -0.15) is 10.2 Å². The monoisotopic (exact) mass is 257 g/mol. The fourth-order valence-corrected chi connectivity index (χ4v) is 1.92. The molecule has 100 valence electrons. The average molecular weight is 257 g/mol. The Hall–Kier alpha value is -1.94.